The van der Waals surface area contributed by atoms with E-state index in [1.54, 1.807) is 0 Å². The van der Waals surface area contributed by atoms with Crippen LogP contribution in [0.5, 0.6) is 0 Å². The SMILES string of the molecule is [N-]=[N+]=NCC(O)CC(F)(F)F. The molecule has 0 bridgehead atoms. The molecular formula is C4H6F3N3O. The average molecular weight is 169 g/mol. The van der Waals surface area contributed by atoms with E-state index in [-0.39, 0.29) is 0 Å². The maximum atomic E-state index is 11.4. The zero-order valence-corrected chi connectivity index (χ0v) is 5.41. The van der Waals surface area contributed by atoms with Crippen molar-refractivity contribution in [3.63, 3.8) is 0 Å². The molecule has 0 aromatic rings. The second-order valence-corrected chi connectivity index (χ2v) is 1.89. The van der Waals surface area contributed by atoms with Crippen molar-refractivity contribution >= 4 is 0 Å². The first-order valence-electron chi connectivity index (χ1n) is 2.71. The smallest absolute Gasteiger partial charge is 0.391 e. The molecule has 0 heterocycles. The minimum atomic E-state index is -4.41. The van der Waals surface area contributed by atoms with Gasteiger partial charge < -0.3 is 5.11 Å². The van der Waals surface area contributed by atoms with E-state index in [1.807, 2.05) is 0 Å². The lowest BCUT2D eigenvalue weighted by atomic mass is 10.2. The van der Waals surface area contributed by atoms with Crippen LogP contribution in [0.4, 0.5) is 13.2 Å². The van der Waals surface area contributed by atoms with Crippen LogP contribution in [0.15, 0.2) is 5.11 Å². The molecule has 0 aliphatic heterocycles. The summed E-state index contributed by atoms with van der Waals surface area (Å²) in [5.74, 6) is 0. The topological polar surface area (TPSA) is 69.0 Å². The number of azide groups is 1. The van der Waals surface area contributed by atoms with Gasteiger partial charge in [-0.2, -0.15) is 13.2 Å². The molecule has 0 fully saturated rings. The molecule has 11 heavy (non-hydrogen) atoms. The maximum absolute atomic E-state index is 11.4. The van der Waals surface area contributed by atoms with Crippen molar-refractivity contribution in [1.29, 1.82) is 0 Å². The van der Waals surface area contributed by atoms with Gasteiger partial charge in [0, 0.05) is 4.91 Å². The van der Waals surface area contributed by atoms with Crippen LogP contribution in [-0.2, 0) is 0 Å². The zero-order valence-electron chi connectivity index (χ0n) is 5.41. The van der Waals surface area contributed by atoms with Gasteiger partial charge in [0.2, 0.25) is 0 Å². The Hall–Kier alpha value is -0.940. The molecule has 0 aromatic heterocycles. The van der Waals surface area contributed by atoms with Crippen LogP contribution in [0.25, 0.3) is 10.4 Å². The Morgan fingerprint density at radius 3 is 2.45 bits per heavy atom. The quantitative estimate of drug-likeness (QED) is 0.389. The highest BCUT2D eigenvalue weighted by Gasteiger charge is 2.30. The second-order valence-electron chi connectivity index (χ2n) is 1.89. The van der Waals surface area contributed by atoms with Gasteiger partial charge in [0.1, 0.15) is 0 Å². The van der Waals surface area contributed by atoms with Gasteiger partial charge in [0.25, 0.3) is 0 Å². The lowest BCUT2D eigenvalue weighted by Gasteiger charge is -2.09. The van der Waals surface area contributed by atoms with Gasteiger partial charge in [0.05, 0.1) is 19.1 Å². The van der Waals surface area contributed by atoms with Crippen LogP contribution < -0.4 is 0 Å². The number of rotatable bonds is 3. The Morgan fingerprint density at radius 2 is 2.09 bits per heavy atom. The first kappa shape index (κ1) is 10.1. The van der Waals surface area contributed by atoms with Crippen LogP contribution in [0, 0.1) is 0 Å². The van der Waals surface area contributed by atoms with E-state index in [0.29, 0.717) is 0 Å². The van der Waals surface area contributed by atoms with Gasteiger partial charge >= 0.3 is 6.18 Å². The molecule has 1 unspecified atom stereocenters. The highest BCUT2D eigenvalue weighted by Crippen LogP contribution is 2.21. The van der Waals surface area contributed by atoms with Gasteiger partial charge in [-0.15, -0.1) is 0 Å². The van der Waals surface area contributed by atoms with E-state index in [9.17, 15) is 13.2 Å². The predicted molar refractivity (Wildman–Crippen MR) is 30.7 cm³/mol. The highest BCUT2D eigenvalue weighted by molar-refractivity contribution is 4.64. The Bertz CT molecular complexity index is 162. The van der Waals surface area contributed by atoms with E-state index >= 15 is 0 Å². The van der Waals surface area contributed by atoms with E-state index in [2.05, 4.69) is 10.0 Å². The number of nitrogens with zero attached hydrogens (tertiary/aromatic N) is 3. The molecular weight excluding hydrogens is 163 g/mol. The van der Waals surface area contributed by atoms with Gasteiger partial charge in [0.15, 0.2) is 0 Å². The number of halogens is 3. The summed E-state index contributed by atoms with van der Waals surface area (Å²) in [6.45, 7) is -0.546. The molecule has 7 heteroatoms. The summed E-state index contributed by atoms with van der Waals surface area (Å²) in [5, 5.41) is 11.3. The highest BCUT2D eigenvalue weighted by atomic mass is 19.4. The first-order chi connectivity index (χ1) is 4.95. The zero-order chi connectivity index (χ0) is 8.91. The van der Waals surface area contributed by atoms with Crippen LogP contribution in [0.3, 0.4) is 0 Å². The van der Waals surface area contributed by atoms with E-state index in [0.717, 1.165) is 0 Å². The minimum absolute atomic E-state index is 0.546. The lowest BCUT2D eigenvalue weighted by Crippen LogP contribution is -2.21. The van der Waals surface area contributed by atoms with Gasteiger partial charge in [-0.3, -0.25) is 0 Å². The molecule has 1 N–H and O–H groups in total. The molecule has 0 saturated carbocycles. The van der Waals surface area contributed by atoms with Crippen molar-refractivity contribution < 1.29 is 18.3 Å². The van der Waals surface area contributed by atoms with Crippen LogP contribution in [-0.4, -0.2) is 23.9 Å². The number of aliphatic hydroxyl groups is 1. The van der Waals surface area contributed by atoms with Crippen LogP contribution in [0.1, 0.15) is 6.42 Å². The molecule has 0 spiro atoms. The molecule has 0 rings (SSSR count). The van der Waals surface area contributed by atoms with Gasteiger partial charge in [-0.25, -0.2) is 0 Å². The fourth-order valence-corrected chi connectivity index (χ4v) is 0.462. The van der Waals surface area contributed by atoms with E-state index in [1.165, 1.54) is 0 Å². The van der Waals surface area contributed by atoms with Crippen molar-refractivity contribution in [2.45, 2.75) is 18.7 Å². The fraction of sp³-hybridized carbons (Fsp3) is 1.00. The van der Waals surface area contributed by atoms with E-state index in [4.69, 9.17) is 10.6 Å². The van der Waals surface area contributed by atoms with Gasteiger partial charge in [-0.1, -0.05) is 5.11 Å². The summed E-state index contributed by atoms with van der Waals surface area (Å²) < 4.78 is 34.3. The van der Waals surface area contributed by atoms with E-state index < -0.39 is 25.2 Å². The number of aliphatic hydroxyl groups excluding tert-OH is 1. The van der Waals surface area contributed by atoms with Crippen molar-refractivity contribution in [2.75, 3.05) is 6.54 Å². The molecule has 1 atom stereocenters. The van der Waals surface area contributed by atoms with Crippen LogP contribution >= 0.6 is 0 Å². The molecule has 4 nitrogen and oxygen atoms in total. The monoisotopic (exact) mass is 169 g/mol. The normalized spacial score (nSPS) is 13.8. The average Bonchev–Trinajstić information content (AvgIpc) is 1.79. The lowest BCUT2D eigenvalue weighted by molar-refractivity contribution is -0.152. The Balaban J connectivity index is 3.69. The van der Waals surface area contributed by atoms with Crippen LogP contribution in [0.2, 0.25) is 0 Å². The van der Waals surface area contributed by atoms with Crippen molar-refractivity contribution in [3.8, 4) is 0 Å². The third kappa shape index (κ3) is 6.95. The Labute approximate surface area is 60.3 Å². The first-order valence-corrected chi connectivity index (χ1v) is 2.71. The summed E-state index contributed by atoms with van der Waals surface area (Å²) >= 11 is 0. The number of alkyl halides is 3. The summed E-state index contributed by atoms with van der Waals surface area (Å²) in [4.78, 5) is 2.20. The molecule has 0 saturated heterocycles. The van der Waals surface area contributed by atoms with Crippen molar-refractivity contribution in [3.05, 3.63) is 10.4 Å². The predicted octanol–water partition coefficient (Wildman–Crippen LogP) is 1.61. The summed E-state index contributed by atoms with van der Waals surface area (Å²) in [6.07, 6.45) is -7.39. The molecule has 0 aromatic carbocycles. The van der Waals surface area contributed by atoms with Crippen molar-refractivity contribution in [1.82, 2.24) is 0 Å². The third-order valence-electron chi connectivity index (χ3n) is 0.823. The number of hydrogen-bond donors (Lipinski definition) is 1. The molecule has 0 aliphatic carbocycles. The molecule has 0 radical (unpaired) electrons. The molecule has 0 aliphatic rings. The van der Waals surface area contributed by atoms with Crippen molar-refractivity contribution in [2.24, 2.45) is 5.11 Å². The largest absolute Gasteiger partial charge is 0.393 e. The summed E-state index contributed by atoms with van der Waals surface area (Å²) in [7, 11) is 0. The minimum Gasteiger partial charge on any atom is -0.393 e. The molecule has 0 amide bonds. The number of hydrogen-bond acceptors (Lipinski definition) is 2. The summed E-state index contributed by atoms with van der Waals surface area (Å²) in [5.41, 5.74) is 7.68. The fourth-order valence-electron chi connectivity index (χ4n) is 0.462. The Kier molecular flexibility index (Phi) is 3.70. The summed E-state index contributed by atoms with van der Waals surface area (Å²) in [6, 6.07) is 0. The Morgan fingerprint density at radius 1 is 1.55 bits per heavy atom. The molecule has 64 valence electrons. The second kappa shape index (κ2) is 4.05. The maximum Gasteiger partial charge on any atom is 0.391 e. The third-order valence-corrected chi connectivity index (χ3v) is 0.823. The standard InChI is InChI=1S/C4H6F3N3O/c5-4(6,7)1-3(11)2-9-10-8/h3,11H,1-2H2. The van der Waals surface area contributed by atoms with Gasteiger partial charge in [-0.05, 0) is 5.53 Å².